The van der Waals surface area contributed by atoms with Gasteiger partial charge in [0.1, 0.15) is 23.8 Å². The first-order valence-corrected chi connectivity index (χ1v) is 19.6. The highest BCUT2D eigenvalue weighted by atomic mass is 32.1. The molecule has 1 fully saturated rings. The van der Waals surface area contributed by atoms with E-state index in [4.69, 9.17) is 23.0 Å². The average Bonchev–Trinajstić information content (AvgIpc) is 3.70. The number of anilines is 3. The first-order chi connectivity index (χ1) is 25.0. The topological polar surface area (TPSA) is 146 Å². The van der Waals surface area contributed by atoms with Gasteiger partial charge in [0.15, 0.2) is 16.6 Å². The molecule has 2 aromatic heterocycles. The summed E-state index contributed by atoms with van der Waals surface area (Å²) >= 11 is 1.22. The molecule has 0 spiro atoms. The summed E-state index contributed by atoms with van der Waals surface area (Å²) in [6, 6.07) is 6.51. The van der Waals surface area contributed by atoms with E-state index in [1.807, 2.05) is 41.5 Å². The summed E-state index contributed by atoms with van der Waals surface area (Å²) in [5.41, 5.74) is -1.02. The van der Waals surface area contributed by atoms with Crippen molar-refractivity contribution in [1.82, 2.24) is 19.9 Å². The van der Waals surface area contributed by atoms with Gasteiger partial charge in [-0.1, -0.05) is 0 Å². The summed E-state index contributed by atoms with van der Waals surface area (Å²) in [5.74, 6) is -0.395. The predicted octanol–water partition coefficient (Wildman–Crippen LogP) is 8.29. The van der Waals surface area contributed by atoms with Crippen LogP contribution < -0.4 is 20.1 Å². The highest BCUT2D eigenvalue weighted by Gasteiger charge is 2.38. The van der Waals surface area contributed by atoms with E-state index in [1.54, 1.807) is 19.2 Å². The summed E-state index contributed by atoms with van der Waals surface area (Å²) in [5, 5.41) is 6.70. The van der Waals surface area contributed by atoms with Gasteiger partial charge in [-0.25, -0.2) is 28.3 Å². The van der Waals surface area contributed by atoms with Crippen molar-refractivity contribution in [2.45, 2.75) is 84.5 Å². The Hall–Kier alpha value is -3.79. The van der Waals surface area contributed by atoms with Crippen LogP contribution in [0.25, 0.3) is 10.9 Å². The van der Waals surface area contributed by atoms with Gasteiger partial charge in [0.2, 0.25) is 5.91 Å². The number of phosphoric ester groups is 1. The summed E-state index contributed by atoms with van der Waals surface area (Å²) in [7, 11) is -2.25. The fourth-order valence-electron chi connectivity index (χ4n) is 5.68. The standard InChI is InChI=1S/C36H47F2N6O7PS/c1-35(2,3)50-52(46,51-36(4,5)6)49-21-24-10-8-13-44(24)14-9-15-48-31-19-28-26(18-30(31)47-7)33(41-22-40-28)43-34-39-20-25(53-34)17-32(45)42-29-16-23(37)11-12-27(29)38/h11-12,16,18-20,22,24H,8-10,13-15,17,21H2,1-7H3,(H,42,45)(H,39,40,41,43)/t24-/m1/s1. The number of amides is 1. The number of halogens is 2. The Kier molecular flexibility index (Phi) is 13.1. The monoisotopic (exact) mass is 776 g/mol. The lowest BCUT2D eigenvalue weighted by Gasteiger charge is -2.32. The molecule has 0 bridgehead atoms. The number of aromatic nitrogens is 3. The Balaban J connectivity index is 1.16. The largest absolute Gasteiger partial charge is 0.493 e. The molecule has 0 radical (unpaired) electrons. The van der Waals surface area contributed by atoms with E-state index in [2.05, 4.69) is 30.5 Å². The highest BCUT2D eigenvalue weighted by molar-refractivity contribution is 7.48. The fourth-order valence-corrected chi connectivity index (χ4v) is 8.33. The Morgan fingerprint density at radius 3 is 2.51 bits per heavy atom. The minimum atomic E-state index is -3.80. The smallest absolute Gasteiger partial charge is 0.475 e. The molecule has 17 heteroatoms. The van der Waals surface area contributed by atoms with Crippen LogP contribution in [0.2, 0.25) is 0 Å². The van der Waals surface area contributed by atoms with Crippen LogP contribution in [-0.4, -0.2) is 76.4 Å². The van der Waals surface area contributed by atoms with Gasteiger partial charge in [-0.15, -0.1) is 11.3 Å². The van der Waals surface area contributed by atoms with Crippen LogP contribution in [0.4, 0.5) is 25.4 Å². The van der Waals surface area contributed by atoms with Gasteiger partial charge in [-0.05, 0) is 85.5 Å². The third-order valence-corrected chi connectivity index (χ3v) is 10.7. The Bertz CT molecular complexity index is 1920. The fraction of sp³-hybridized carbons (Fsp3) is 0.500. The quantitative estimate of drug-likeness (QED) is 0.0834. The molecule has 4 aromatic rings. The maximum absolute atomic E-state index is 13.9. The molecule has 13 nitrogen and oxygen atoms in total. The van der Waals surface area contributed by atoms with Gasteiger partial charge >= 0.3 is 7.82 Å². The molecule has 288 valence electrons. The van der Waals surface area contributed by atoms with Gasteiger partial charge in [0.05, 0.1) is 49.2 Å². The summed E-state index contributed by atoms with van der Waals surface area (Å²) < 4.78 is 70.3. The first kappa shape index (κ1) is 40.4. The van der Waals surface area contributed by atoms with E-state index in [1.165, 1.54) is 23.9 Å². The number of likely N-dealkylation sites (tertiary alicyclic amines) is 1. The van der Waals surface area contributed by atoms with Crippen molar-refractivity contribution in [1.29, 1.82) is 0 Å². The van der Waals surface area contributed by atoms with Gasteiger partial charge in [-0.2, -0.15) is 0 Å². The molecule has 1 aliphatic heterocycles. The van der Waals surface area contributed by atoms with Crippen molar-refractivity contribution < 1.29 is 41.2 Å². The van der Waals surface area contributed by atoms with Crippen molar-refractivity contribution in [3.05, 3.63) is 59.4 Å². The maximum atomic E-state index is 13.9. The van der Waals surface area contributed by atoms with Gasteiger partial charge in [-0.3, -0.25) is 23.3 Å². The number of nitrogens with zero attached hydrogens (tertiary/aromatic N) is 4. The van der Waals surface area contributed by atoms with Crippen molar-refractivity contribution in [2.75, 3.05) is 44.0 Å². The van der Waals surface area contributed by atoms with E-state index < -0.39 is 36.6 Å². The minimum absolute atomic E-state index is 0.0733. The second-order valence-electron chi connectivity index (χ2n) is 14.5. The third kappa shape index (κ3) is 11.8. The Labute approximate surface area is 312 Å². The van der Waals surface area contributed by atoms with E-state index in [-0.39, 0.29) is 24.8 Å². The zero-order valence-electron chi connectivity index (χ0n) is 31.0. The van der Waals surface area contributed by atoms with Crippen LogP contribution in [0.1, 0.15) is 65.7 Å². The highest BCUT2D eigenvalue weighted by Crippen LogP contribution is 2.55. The summed E-state index contributed by atoms with van der Waals surface area (Å²) in [4.78, 5) is 28.6. The van der Waals surface area contributed by atoms with E-state index >= 15 is 0 Å². The lowest BCUT2D eigenvalue weighted by atomic mass is 10.2. The van der Waals surface area contributed by atoms with Crippen LogP contribution >= 0.6 is 19.2 Å². The molecule has 53 heavy (non-hydrogen) atoms. The number of ether oxygens (including phenoxy) is 2. The zero-order valence-corrected chi connectivity index (χ0v) is 32.7. The second kappa shape index (κ2) is 17.1. The number of hydrogen-bond donors (Lipinski definition) is 2. The molecule has 1 aliphatic rings. The van der Waals surface area contributed by atoms with Crippen LogP contribution in [0.15, 0.2) is 42.9 Å². The molecular weight excluding hydrogens is 729 g/mol. The number of carbonyl (C=O) groups excluding carboxylic acids is 1. The minimum Gasteiger partial charge on any atom is -0.493 e. The van der Waals surface area contributed by atoms with Crippen molar-refractivity contribution in [3.63, 3.8) is 0 Å². The number of carbonyl (C=O) groups is 1. The maximum Gasteiger partial charge on any atom is 0.475 e. The zero-order chi connectivity index (χ0) is 38.4. The third-order valence-electron chi connectivity index (χ3n) is 7.78. The normalized spacial score (nSPS) is 15.5. The van der Waals surface area contributed by atoms with Crippen LogP contribution in [0, 0.1) is 11.6 Å². The number of thiazole rings is 1. The molecule has 0 unspecified atom stereocenters. The van der Waals surface area contributed by atoms with Crippen LogP contribution in [0.5, 0.6) is 11.5 Å². The first-order valence-electron chi connectivity index (χ1n) is 17.3. The van der Waals surface area contributed by atoms with Crippen LogP contribution in [0.3, 0.4) is 0 Å². The van der Waals surface area contributed by atoms with Crippen LogP contribution in [-0.2, 0) is 29.4 Å². The SMILES string of the molecule is COc1cc2c(Nc3ncc(CC(=O)Nc4cc(F)ccc4F)s3)ncnc2cc1OCCCN1CCC[C@@H]1COP(=O)(OC(C)(C)C)OC(C)(C)C. The van der Waals surface area contributed by atoms with Gasteiger partial charge in [0.25, 0.3) is 0 Å². The molecule has 0 aliphatic carbocycles. The number of hydrogen-bond acceptors (Lipinski definition) is 13. The molecule has 1 amide bonds. The molecule has 1 atom stereocenters. The van der Waals surface area contributed by atoms with E-state index in [9.17, 15) is 18.1 Å². The number of nitrogens with one attached hydrogen (secondary N) is 2. The lowest BCUT2D eigenvalue weighted by Crippen LogP contribution is -2.35. The molecule has 3 heterocycles. The molecular formula is C36H47F2N6O7PS. The second-order valence-corrected chi connectivity index (χ2v) is 17.2. The number of rotatable bonds is 16. The molecule has 0 saturated carbocycles. The predicted molar refractivity (Wildman–Crippen MR) is 200 cm³/mol. The number of fused-ring (bicyclic) bond motifs is 1. The number of benzene rings is 2. The van der Waals surface area contributed by atoms with E-state index in [0.717, 1.165) is 50.6 Å². The number of phosphoric acid groups is 1. The van der Waals surface area contributed by atoms with E-state index in [0.29, 0.717) is 44.8 Å². The Morgan fingerprint density at radius 2 is 1.79 bits per heavy atom. The number of methoxy groups -OCH3 is 1. The Morgan fingerprint density at radius 1 is 1.04 bits per heavy atom. The van der Waals surface area contributed by atoms with Crippen molar-refractivity contribution >= 4 is 52.6 Å². The molecule has 2 aromatic carbocycles. The average molecular weight is 777 g/mol. The lowest BCUT2D eigenvalue weighted by molar-refractivity contribution is -0.115. The van der Waals surface area contributed by atoms with Crippen molar-refractivity contribution in [2.24, 2.45) is 0 Å². The van der Waals surface area contributed by atoms with Gasteiger partial charge in [0, 0.05) is 41.2 Å². The molecule has 2 N–H and O–H groups in total. The molecule has 5 rings (SSSR count). The van der Waals surface area contributed by atoms with Crippen molar-refractivity contribution in [3.8, 4) is 11.5 Å². The molecule has 1 saturated heterocycles. The summed E-state index contributed by atoms with van der Waals surface area (Å²) in [6.07, 6.45) is 5.51. The van der Waals surface area contributed by atoms with Gasteiger partial charge < -0.3 is 20.1 Å². The summed E-state index contributed by atoms with van der Waals surface area (Å²) in [6.45, 7) is 13.2.